The van der Waals surface area contributed by atoms with Crippen LogP contribution >= 0.6 is 0 Å². The number of ether oxygens (including phenoxy) is 1. The molecule has 0 bridgehead atoms. The van der Waals surface area contributed by atoms with Crippen LogP contribution < -0.4 is 0 Å². The molecule has 2 heteroatoms. The van der Waals surface area contributed by atoms with E-state index in [1.165, 1.54) is 5.56 Å². The lowest BCUT2D eigenvalue weighted by molar-refractivity contribution is -0.145. The van der Waals surface area contributed by atoms with Crippen molar-refractivity contribution in [2.75, 3.05) is 6.61 Å². The fraction of sp³-hybridized carbons (Fsp3) is 0.312. The van der Waals surface area contributed by atoms with Gasteiger partial charge in [-0.1, -0.05) is 42.5 Å². The largest absolute Gasteiger partial charge is 0.466 e. The summed E-state index contributed by atoms with van der Waals surface area (Å²) in [5.41, 5.74) is 3.39. The average molecular weight is 242 g/mol. The summed E-state index contributed by atoms with van der Waals surface area (Å²) in [4.78, 5) is 12.0. The van der Waals surface area contributed by atoms with Crippen molar-refractivity contribution in [1.29, 1.82) is 0 Å². The first-order valence-electron chi connectivity index (χ1n) is 6.33. The van der Waals surface area contributed by atoms with Gasteiger partial charge in [-0.05, 0) is 37.0 Å². The molecule has 94 valence electrons. The van der Waals surface area contributed by atoms with Gasteiger partial charge in [-0.25, -0.2) is 0 Å². The zero-order chi connectivity index (χ0) is 13.0. The van der Waals surface area contributed by atoms with Gasteiger partial charge in [0.2, 0.25) is 0 Å². The number of aryl methyl sites for hydroxylation is 1. The SMILES string of the molecule is CCOC(=O)C1CC=CC=C1c1ccccc1C. The van der Waals surface area contributed by atoms with Crippen molar-refractivity contribution in [2.45, 2.75) is 20.3 Å². The third-order valence-corrected chi connectivity index (χ3v) is 3.19. The van der Waals surface area contributed by atoms with Gasteiger partial charge < -0.3 is 4.74 Å². The Bertz CT molecular complexity index is 498. The molecule has 0 saturated carbocycles. The summed E-state index contributed by atoms with van der Waals surface area (Å²) in [5.74, 6) is -0.299. The minimum absolute atomic E-state index is 0.128. The molecule has 0 fully saturated rings. The summed E-state index contributed by atoms with van der Waals surface area (Å²) >= 11 is 0. The summed E-state index contributed by atoms with van der Waals surface area (Å²) in [6.45, 7) is 4.34. The Balaban J connectivity index is 2.34. The monoisotopic (exact) mass is 242 g/mol. The molecule has 0 saturated heterocycles. The lowest BCUT2D eigenvalue weighted by Crippen LogP contribution is -2.20. The first kappa shape index (κ1) is 12.6. The molecule has 0 heterocycles. The quantitative estimate of drug-likeness (QED) is 0.758. The van der Waals surface area contributed by atoms with Gasteiger partial charge in [-0.15, -0.1) is 0 Å². The maximum Gasteiger partial charge on any atom is 0.313 e. The molecule has 1 atom stereocenters. The fourth-order valence-electron chi connectivity index (χ4n) is 2.27. The number of carbonyl (C=O) groups is 1. The van der Waals surface area contributed by atoms with Crippen molar-refractivity contribution in [3.05, 3.63) is 53.6 Å². The highest BCUT2D eigenvalue weighted by molar-refractivity contribution is 5.90. The molecule has 0 radical (unpaired) electrons. The highest BCUT2D eigenvalue weighted by Crippen LogP contribution is 2.32. The van der Waals surface area contributed by atoms with Gasteiger partial charge in [0.25, 0.3) is 0 Å². The molecule has 0 N–H and O–H groups in total. The van der Waals surface area contributed by atoms with Gasteiger partial charge in [0, 0.05) is 0 Å². The van der Waals surface area contributed by atoms with E-state index in [0.717, 1.165) is 17.6 Å². The summed E-state index contributed by atoms with van der Waals surface area (Å²) in [6.07, 6.45) is 6.77. The van der Waals surface area contributed by atoms with Gasteiger partial charge in [-0.2, -0.15) is 0 Å². The van der Waals surface area contributed by atoms with Crippen molar-refractivity contribution in [3.8, 4) is 0 Å². The number of carbonyl (C=O) groups excluding carboxylic acids is 1. The smallest absolute Gasteiger partial charge is 0.313 e. The van der Waals surface area contributed by atoms with Gasteiger partial charge in [0.05, 0.1) is 12.5 Å². The Kier molecular flexibility index (Phi) is 3.98. The molecule has 0 spiro atoms. The predicted molar refractivity (Wildman–Crippen MR) is 73.0 cm³/mol. The molecule has 0 aromatic heterocycles. The average Bonchev–Trinajstić information content (AvgIpc) is 2.40. The molecular formula is C16H18O2. The number of hydrogen-bond donors (Lipinski definition) is 0. The van der Waals surface area contributed by atoms with Crippen LogP contribution in [0.3, 0.4) is 0 Å². The molecule has 1 aliphatic rings. The van der Waals surface area contributed by atoms with E-state index in [2.05, 4.69) is 19.1 Å². The van der Waals surface area contributed by atoms with E-state index in [4.69, 9.17) is 4.74 Å². The van der Waals surface area contributed by atoms with Crippen molar-refractivity contribution in [2.24, 2.45) is 5.92 Å². The lowest BCUT2D eigenvalue weighted by atomic mass is 9.85. The van der Waals surface area contributed by atoms with Crippen molar-refractivity contribution in [1.82, 2.24) is 0 Å². The Morgan fingerprint density at radius 2 is 2.17 bits per heavy atom. The van der Waals surface area contributed by atoms with Gasteiger partial charge in [0.15, 0.2) is 0 Å². The molecule has 1 aromatic rings. The topological polar surface area (TPSA) is 26.3 Å². The number of rotatable bonds is 3. The summed E-state index contributed by atoms with van der Waals surface area (Å²) in [6, 6.07) is 8.14. The number of benzene rings is 1. The Hall–Kier alpha value is -1.83. The number of hydrogen-bond acceptors (Lipinski definition) is 2. The summed E-state index contributed by atoms with van der Waals surface area (Å²) in [7, 11) is 0. The van der Waals surface area contributed by atoms with Crippen LogP contribution in [0, 0.1) is 12.8 Å². The van der Waals surface area contributed by atoms with Gasteiger partial charge in [0.1, 0.15) is 0 Å². The molecule has 2 rings (SSSR count). The van der Waals surface area contributed by atoms with E-state index >= 15 is 0 Å². The van der Waals surface area contributed by atoms with E-state index < -0.39 is 0 Å². The Labute approximate surface area is 108 Å². The second kappa shape index (κ2) is 5.67. The number of esters is 1. The zero-order valence-electron chi connectivity index (χ0n) is 10.8. The molecule has 1 aromatic carbocycles. The highest BCUT2D eigenvalue weighted by atomic mass is 16.5. The fourth-order valence-corrected chi connectivity index (χ4v) is 2.27. The molecule has 2 nitrogen and oxygen atoms in total. The molecule has 1 aliphatic carbocycles. The van der Waals surface area contributed by atoms with E-state index in [-0.39, 0.29) is 11.9 Å². The lowest BCUT2D eigenvalue weighted by Gasteiger charge is -2.21. The Morgan fingerprint density at radius 1 is 1.39 bits per heavy atom. The minimum Gasteiger partial charge on any atom is -0.466 e. The van der Waals surface area contributed by atoms with Crippen LogP contribution in [0.1, 0.15) is 24.5 Å². The molecular weight excluding hydrogens is 224 g/mol. The Morgan fingerprint density at radius 3 is 2.89 bits per heavy atom. The van der Waals surface area contributed by atoms with Crippen molar-refractivity contribution < 1.29 is 9.53 Å². The standard InChI is InChI=1S/C16H18O2/c1-3-18-16(17)15-11-7-6-10-14(15)13-9-5-4-8-12(13)2/h4-10,15H,3,11H2,1-2H3. The normalized spacial score (nSPS) is 18.3. The van der Waals surface area contributed by atoms with Crippen LogP contribution in [-0.2, 0) is 9.53 Å². The number of allylic oxidation sites excluding steroid dienone is 3. The van der Waals surface area contributed by atoms with Crippen LogP contribution in [0.2, 0.25) is 0 Å². The van der Waals surface area contributed by atoms with E-state index in [1.54, 1.807) is 0 Å². The van der Waals surface area contributed by atoms with E-state index in [1.807, 2.05) is 37.3 Å². The third kappa shape index (κ3) is 2.53. The first-order chi connectivity index (χ1) is 8.74. The third-order valence-electron chi connectivity index (χ3n) is 3.19. The van der Waals surface area contributed by atoms with Crippen molar-refractivity contribution in [3.63, 3.8) is 0 Å². The second-order valence-corrected chi connectivity index (χ2v) is 4.41. The van der Waals surface area contributed by atoms with Gasteiger partial charge >= 0.3 is 5.97 Å². The van der Waals surface area contributed by atoms with Gasteiger partial charge in [-0.3, -0.25) is 4.79 Å². The molecule has 1 unspecified atom stereocenters. The minimum atomic E-state index is -0.170. The maximum atomic E-state index is 12.0. The van der Waals surface area contributed by atoms with Crippen molar-refractivity contribution >= 4 is 11.5 Å². The molecule has 0 aliphatic heterocycles. The first-order valence-corrected chi connectivity index (χ1v) is 6.33. The zero-order valence-corrected chi connectivity index (χ0v) is 10.8. The summed E-state index contributed by atoms with van der Waals surface area (Å²) in [5, 5.41) is 0. The predicted octanol–water partition coefficient (Wildman–Crippen LogP) is 3.52. The van der Waals surface area contributed by atoms with Crippen LogP contribution in [0.15, 0.2) is 42.5 Å². The molecule has 18 heavy (non-hydrogen) atoms. The van der Waals surface area contributed by atoms with Crippen LogP contribution in [0.25, 0.3) is 5.57 Å². The summed E-state index contributed by atoms with van der Waals surface area (Å²) < 4.78 is 5.16. The highest BCUT2D eigenvalue weighted by Gasteiger charge is 2.26. The second-order valence-electron chi connectivity index (χ2n) is 4.41. The van der Waals surface area contributed by atoms with Crippen LogP contribution in [-0.4, -0.2) is 12.6 Å². The van der Waals surface area contributed by atoms with E-state index in [9.17, 15) is 4.79 Å². The maximum absolute atomic E-state index is 12.0. The molecule has 0 amide bonds. The van der Waals surface area contributed by atoms with Crippen LogP contribution in [0.5, 0.6) is 0 Å². The van der Waals surface area contributed by atoms with E-state index in [0.29, 0.717) is 6.61 Å². The van der Waals surface area contributed by atoms with Crippen LogP contribution in [0.4, 0.5) is 0 Å².